The number of fused-ring (bicyclic) bond motifs is 1. The molecule has 2 aliphatic heterocycles. The number of rotatable bonds is 3. The molecule has 146 valence electrons. The smallest absolute Gasteiger partial charge is 0.414 e. The monoisotopic (exact) mass is 379 g/mol. The van der Waals surface area contributed by atoms with Crippen LogP contribution in [-0.2, 0) is 10.2 Å². The van der Waals surface area contributed by atoms with Gasteiger partial charge in [-0.05, 0) is 65.8 Å². The van der Waals surface area contributed by atoms with Crippen molar-refractivity contribution in [2.45, 2.75) is 38.6 Å². The quantitative estimate of drug-likeness (QED) is 0.847. The molecular formula is C22H25N3O3. The molecule has 1 saturated heterocycles. The minimum atomic E-state index is -0.415. The normalized spacial score (nSPS) is 20.3. The fraction of sp³-hybridized carbons (Fsp3) is 0.364. The molecule has 4 rings (SSSR count). The summed E-state index contributed by atoms with van der Waals surface area (Å²) in [6.07, 6.45) is 0.563. The average Bonchev–Trinajstić information content (AvgIpc) is 3.07. The fourth-order valence-electron chi connectivity index (χ4n) is 4.23. The van der Waals surface area contributed by atoms with Crippen molar-refractivity contribution in [3.63, 3.8) is 0 Å². The number of amides is 2. The molecule has 0 bridgehead atoms. The summed E-state index contributed by atoms with van der Waals surface area (Å²) in [6, 6.07) is 11.8. The zero-order valence-corrected chi connectivity index (χ0v) is 16.4. The van der Waals surface area contributed by atoms with Crippen LogP contribution in [-0.4, -0.2) is 25.2 Å². The highest BCUT2D eigenvalue weighted by Gasteiger charge is 2.35. The molecule has 2 amide bonds. The van der Waals surface area contributed by atoms with Crippen LogP contribution in [0.25, 0.3) is 0 Å². The zero-order chi connectivity index (χ0) is 20.1. The number of anilines is 2. The number of hydrogen-bond acceptors (Lipinski definition) is 4. The molecule has 2 aromatic rings. The lowest BCUT2D eigenvalue weighted by Gasteiger charge is -2.39. The number of nitrogens with one attached hydrogen (secondary N) is 1. The van der Waals surface area contributed by atoms with E-state index in [9.17, 15) is 9.59 Å². The van der Waals surface area contributed by atoms with Crippen molar-refractivity contribution in [2.24, 2.45) is 5.73 Å². The number of ether oxygens (including phenoxy) is 1. The summed E-state index contributed by atoms with van der Waals surface area (Å²) >= 11 is 0. The molecule has 0 spiro atoms. The molecule has 2 heterocycles. The molecular weight excluding hydrogens is 354 g/mol. The fourth-order valence-corrected chi connectivity index (χ4v) is 4.23. The van der Waals surface area contributed by atoms with E-state index in [-0.39, 0.29) is 17.6 Å². The maximum atomic E-state index is 12.0. The number of hydrogen-bond donors (Lipinski definition) is 2. The molecule has 28 heavy (non-hydrogen) atoms. The number of aryl methyl sites for hydroxylation is 1. The summed E-state index contributed by atoms with van der Waals surface area (Å²) < 4.78 is 5.08. The minimum Gasteiger partial charge on any atom is -0.447 e. The molecule has 1 atom stereocenters. The van der Waals surface area contributed by atoms with E-state index in [1.165, 1.54) is 5.56 Å². The van der Waals surface area contributed by atoms with E-state index >= 15 is 0 Å². The summed E-state index contributed by atoms with van der Waals surface area (Å²) in [5.74, 6) is -0.415. The zero-order valence-electron chi connectivity index (χ0n) is 16.4. The van der Waals surface area contributed by atoms with Gasteiger partial charge in [-0.1, -0.05) is 19.9 Å². The first-order valence-corrected chi connectivity index (χ1v) is 9.52. The Morgan fingerprint density at radius 3 is 2.71 bits per heavy atom. The van der Waals surface area contributed by atoms with Crippen LogP contribution in [0.2, 0.25) is 0 Å². The van der Waals surface area contributed by atoms with Crippen molar-refractivity contribution >= 4 is 23.4 Å². The molecule has 6 heteroatoms. The first kappa shape index (κ1) is 18.3. The van der Waals surface area contributed by atoms with E-state index in [2.05, 4.69) is 38.2 Å². The van der Waals surface area contributed by atoms with E-state index in [0.29, 0.717) is 18.7 Å². The lowest BCUT2D eigenvalue weighted by molar-refractivity contribution is 0.1000. The van der Waals surface area contributed by atoms with Crippen molar-refractivity contribution in [3.8, 4) is 0 Å². The Labute approximate surface area is 164 Å². The third-order valence-electron chi connectivity index (χ3n) is 5.79. The second kappa shape index (κ2) is 6.55. The lowest BCUT2D eigenvalue weighted by atomic mass is 9.73. The van der Waals surface area contributed by atoms with Crippen molar-refractivity contribution in [1.82, 2.24) is 0 Å². The van der Waals surface area contributed by atoms with Gasteiger partial charge in [0.15, 0.2) is 0 Å². The standard InChI is InChI=1S/C22H25N3O3/c1-13-4-6-15(25-8-9-28-21(25)27)11-16(13)19-12-22(2,3)17-10-14(20(23)26)5-7-18(17)24-19/h4-7,10-11,19,24H,8-9,12H2,1-3H3,(H2,23,26). The summed E-state index contributed by atoms with van der Waals surface area (Å²) in [7, 11) is 0. The first-order chi connectivity index (χ1) is 13.3. The van der Waals surface area contributed by atoms with Gasteiger partial charge in [-0.15, -0.1) is 0 Å². The Balaban J connectivity index is 1.71. The molecule has 0 saturated carbocycles. The van der Waals surface area contributed by atoms with Gasteiger partial charge in [-0.2, -0.15) is 0 Å². The van der Waals surface area contributed by atoms with Crippen LogP contribution in [0.3, 0.4) is 0 Å². The number of benzene rings is 2. The minimum absolute atomic E-state index is 0.0977. The van der Waals surface area contributed by atoms with E-state index in [1.807, 2.05) is 18.2 Å². The molecule has 3 N–H and O–H groups in total. The SMILES string of the molecule is Cc1ccc(N2CCOC2=O)cc1C1CC(C)(C)c2cc(C(N)=O)ccc2N1. The van der Waals surface area contributed by atoms with Crippen LogP contribution in [0.5, 0.6) is 0 Å². The number of nitrogens with zero attached hydrogens (tertiary/aromatic N) is 1. The second-order valence-electron chi connectivity index (χ2n) is 8.22. The van der Waals surface area contributed by atoms with Gasteiger partial charge in [0.1, 0.15) is 6.61 Å². The molecule has 2 aliphatic rings. The molecule has 1 fully saturated rings. The molecule has 6 nitrogen and oxygen atoms in total. The molecule has 1 unspecified atom stereocenters. The van der Waals surface area contributed by atoms with Crippen LogP contribution in [0, 0.1) is 6.92 Å². The van der Waals surface area contributed by atoms with Crippen molar-refractivity contribution in [3.05, 3.63) is 58.7 Å². The number of carbonyl (C=O) groups excluding carboxylic acids is 2. The van der Waals surface area contributed by atoms with Crippen molar-refractivity contribution in [2.75, 3.05) is 23.4 Å². The number of cyclic esters (lactones) is 1. The average molecular weight is 379 g/mol. The molecule has 0 radical (unpaired) electrons. The van der Waals surface area contributed by atoms with Crippen LogP contribution in [0.4, 0.5) is 16.2 Å². The van der Waals surface area contributed by atoms with Crippen LogP contribution in [0.15, 0.2) is 36.4 Å². The number of nitrogens with two attached hydrogens (primary N) is 1. The van der Waals surface area contributed by atoms with Gasteiger partial charge >= 0.3 is 6.09 Å². The summed E-state index contributed by atoms with van der Waals surface area (Å²) in [5.41, 5.74) is 11.1. The molecule has 2 aromatic carbocycles. The van der Waals surface area contributed by atoms with Gasteiger partial charge in [0.05, 0.1) is 12.6 Å². The highest BCUT2D eigenvalue weighted by Crippen LogP contribution is 2.45. The largest absolute Gasteiger partial charge is 0.447 e. The van der Waals surface area contributed by atoms with Gasteiger partial charge in [0.25, 0.3) is 0 Å². The van der Waals surface area contributed by atoms with Crippen molar-refractivity contribution in [1.29, 1.82) is 0 Å². The Morgan fingerprint density at radius 1 is 1.25 bits per heavy atom. The highest BCUT2D eigenvalue weighted by molar-refractivity contribution is 5.93. The van der Waals surface area contributed by atoms with Gasteiger partial charge < -0.3 is 15.8 Å². The van der Waals surface area contributed by atoms with E-state index < -0.39 is 5.91 Å². The van der Waals surface area contributed by atoms with Crippen molar-refractivity contribution < 1.29 is 14.3 Å². The third kappa shape index (κ3) is 3.09. The van der Waals surface area contributed by atoms with Gasteiger partial charge in [0, 0.05) is 16.9 Å². The maximum absolute atomic E-state index is 12.0. The number of carbonyl (C=O) groups is 2. The van der Waals surface area contributed by atoms with Crippen LogP contribution >= 0.6 is 0 Å². The third-order valence-corrected chi connectivity index (χ3v) is 5.79. The summed E-state index contributed by atoms with van der Waals surface area (Å²) in [5, 5.41) is 3.62. The topological polar surface area (TPSA) is 84.7 Å². The maximum Gasteiger partial charge on any atom is 0.414 e. The highest BCUT2D eigenvalue weighted by atomic mass is 16.6. The van der Waals surface area contributed by atoms with E-state index in [4.69, 9.17) is 10.5 Å². The lowest BCUT2D eigenvalue weighted by Crippen LogP contribution is -2.32. The predicted octanol–water partition coefficient (Wildman–Crippen LogP) is 3.89. The Hall–Kier alpha value is -3.02. The summed E-state index contributed by atoms with van der Waals surface area (Å²) in [4.78, 5) is 25.2. The molecule has 0 aliphatic carbocycles. The summed E-state index contributed by atoms with van der Waals surface area (Å²) in [6.45, 7) is 7.45. The van der Waals surface area contributed by atoms with E-state index in [1.54, 1.807) is 11.0 Å². The van der Waals surface area contributed by atoms with E-state index in [0.717, 1.165) is 28.9 Å². The van der Waals surface area contributed by atoms with Gasteiger partial charge in [0.2, 0.25) is 5.91 Å². The Morgan fingerprint density at radius 2 is 2.04 bits per heavy atom. The Kier molecular flexibility index (Phi) is 4.29. The Bertz CT molecular complexity index is 967. The van der Waals surface area contributed by atoms with Crippen LogP contribution < -0.4 is 16.0 Å². The molecule has 0 aromatic heterocycles. The van der Waals surface area contributed by atoms with Gasteiger partial charge in [-0.3, -0.25) is 9.69 Å². The first-order valence-electron chi connectivity index (χ1n) is 9.52. The number of primary amides is 1. The second-order valence-corrected chi connectivity index (χ2v) is 8.22. The van der Waals surface area contributed by atoms with Crippen LogP contribution in [0.1, 0.15) is 53.4 Å². The predicted molar refractivity (Wildman–Crippen MR) is 109 cm³/mol. The van der Waals surface area contributed by atoms with Gasteiger partial charge in [-0.25, -0.2) is 4.79 Å².